The van der Waals surface area contributed by atoms with Crippen LogP contribution in [0.2, 0.25) is 10.0 Å². The van der Waals surface area contributed by atoms with Gasteiger partial charge in [-0.3, -0.25) is 24.6 Å². The molecule has 0 saturated carbocycles. The fourth-order valence-electron chi connectivity index (χ4n) is 5.09. The molecule has 3 aliphatic heterocycles. The second-order valence-corrected chi connectivity index (χ2v) is 9.87. The molecule has 2 saturated heterocycles. The number of piperidine rings is 1. The highest BCUT2D eigenvalue weighted by Gasteiger charge is 2.39. The van der Waals surface area contributed by atoms with E-state index < -0.39 is 6.04 Å². The summed E-state index contributed by atoms with van der Waals surface area (Å²) in [7, 11) is 0. The highest BCUT2D eigenvalue weighted by molar-refractivity contribution is 6.43. The average Bonchev–Trinajstić information content (AvgIpc) is 2.97. The number of hydrogen-bond donors (Lipinski definition) is 1. The smallest absolute Gasteiger partial charge is 0.255 e. The van der Waals surface area contributed by atoms with Crippen LogP contribution in [0.5, 0.6) is 0 Å². The molecule has 0 bridgehead atoms. The molecule has 1 N–H and O–H groups in total. The SMILES string of the molecule is O=C1CCC(N2Cc3cc(CN4CCCN(c5cccc(Cl)c5Cl)CC4)ccc3C2=O)C(=O)N1. The first-order valence-corrected chi connectivity index (χ1v) is 12.3. The van der Waals surface area contributed by atoms with Crippen LogP contribution in [0.25, 0.3) is 0 Å². The van der Waals surface area contributed by atoms with Gasteiger partial charge in [0.1, 0.15) is 6.04 Å². The number of anilines is 1. The number of carbonyl (C=O) groups excluding carboxylic acids is 3. The average molecular weight is 501 g/mol. The summed E-state index contributed by atoms with van der Waals surface area (Å²) in [6, 6.07) is 11.1. The van der Waals surface area contributed by atoms with Crippen molar-refractivity contribution in [3.8, 4) is 0 Å². The molecule has 2 aromatic rings. The van der Waals surface area contributed by atoms with Crippen LogP contribution in [0.1, 0.15) is 40.7 Å². The minimum absolute atomic E-state index is 0.139. The Morgan fingerprint density at radius 2 is 1.85 bits per heavy atom. The summed E-state index contributed by atoms with van der Waals surface area (Å²) in [6.07, 6.45) is 1.64. The second kappa shape index (κ2) is 9.56. The lowest BCUT2D eigenvalue weighted by Crippen LogP contribution is -2.52. The summed E-state index contributed by atoms with van der Waals surface area (Å²) in [5.41, 5.74) is 3.70. The molecule has 5 rings (SSSR count). The summed E-state index contributed by atoms with van der Waals surface area (Å²) in [6.45, 7) is 4.81. The van der Waals surface area contributed by atoms with Crippen molar-refractivity contribution in [2.24, 2.45) is 0 Å². The highest BCUT2D eigenvalue weighted by Crippen LogP contribution is 2.33. The van der Waals surface area contributed by atoms with Crippen molar-refractivity contribution in [2.75, 3.05) is 31.1 Å². The topological polar surface area (TPSA) is 73.0 Å². The van der Waals surface area contributed by atoms with Crippen molar-refractivity contribution in [2.45, 2.75) is 38.4 Å². The highest BCUT2D eigenvalue weighted by atomic mass is 35.5. The van der Waals surface area contributed by atoms with Gasteiger partial charge in [0.05, 0.1) is 15.7 Å². The number of benzene rings is 2. The van der Waals surface area contributed by atoms with Crippen LogP contribution in [0.15, 0.2) is 36.4 Å². The number of nitrogens with zero attached hydrogens (tertiary/aromatic N) is 3. The molecule has 178 valence electrons. The van der Waals surface area contributed by atoms with Crippen LogP contribution in [-0.4, -0.2) is 59.7 Å². The molecule has 1 atom stereocenters. The van der Waals surface area contributed by atoms with Gasteiger partial charge >= 0.3 is 0 Å². The van der Waals surface area contributed by atoms with E-state index in [9.17, 15) is 14.4 Å². The normalized spacial score (nSPS) is 21.5. The lowest BCUT2D eigenvalue weighted by Gasteiger charge is -2.29. The summed E-state index contributed by atoms with van der Waals surface area (Å²) >= 11 is 12.6. The van der Waals surface area contributed by atoms with Crippen molar-refractivity contribution >= 4 is 46.6 Å². The predicted molar refractivity (Wildman–Crippen MR) is 131 cm³/mol. The Bertz CT molecular complexity index is 1150. The zero-order chi connectivity index (χ0) is 23.8. The Kier molecular flexibility index (Phi) is 6.51. The van der Waals surface area contributed by atoms with E-state index in [2.05, 4.69) is 21.2 Å². The summed E-state index contributed by atoms with van der Waals surface area (Å²) in [5, 5.41) is 3.52. The number of amides is 3. The Morgan fingerprint density at radius 1 is 1.00 bits per heavy atom. The van der Waals surface area contributed by atoms with Gasteiger partial charge in [-0.05, 0) is 42.2 Å². The molecule has 1 unspecified atom stereocenters. The van der Waals surface area contributed by atoms with Gasteiger partial charge < -0.3 is 9.80 Å². The van der Waals surface area contributed by atoms with E-state index in [1.165, 1.54) is 0 Å². The molecule has 3 heterocycles. The second-order valence-electron chi connectivity index (χ2n) is 9.08. The van der Waals surface area contributed by atoms with Crippen molar-refractivity contribution in [1.29, 1.82) is 0 Å². The van der Waals surface area contributed by atoms with E-state index in [4.69, 9.17) is 23.2 Å². The maximum absolute atomic E-state index is 12.9. The standard InChI is InChI=1S/C25H26Cl2N4O3/c26-19-3-1-4-20(23(19)27)30-10-2-9-29(11-12-30)14-16-5-6-18-17(13-16)15-31(25(18)34)21-7-8-22(32)28-24(21)33/h1,3-6,13,21H,2,7-12,14-15H2,(H,28,32,33). The number of imide groups is 1. The number of nitrogens with one attached hydrogen (secondary N) is 1. The van der Waals surface area contributed by atoms with Crippen molar-refractivity contribution in [3.63, 3.8) is 0 Å². The van der Waals surface area contributed by atoms with Crippen LogP contribution >= 0.6 is 23.2 Å². The van der Waals surface area contributed by atoms with Crippen LogP contribution in [-0.2, 0) is 22.7 Å². The number of halogens is 2. The molecule has 9 heteroatoms. The van der Waals surface area contributed by atoms with E-state index in [0.717, 1.165) is 56.0 Å². The molecule has 3 amide bonds. The van der Waals surface area contributed by atoms with Crippen LogP contribution in [0.4, 0.5) is 5.69 Å². The molecule has 2 fully saturated rings. The molecule has 0 spiro atoms. The zero-order valence-electron chi connectivity index (χ0n) is 18.7. The lowest BCUT2D eigenvalue weighted by molar-refractivity contribution is -0.136. The Hall–Kier alpha value is -2.61. The molecule has 3 aliphatic rings. The first kappa shape index (κ1) is 23.1. The van der Waals surface area contributed by atoms with E-state index in [0.29, 0.717) is 28.6 Å². The molecule has 0 radical (unpaired) electrons. The fraction of sp³-hybridized carbons (Fsp3) is 0.400. The van der Waals surface area contributed by atoms with Gasteiger partial charge in [0.25, 0.3) is 5.91 Å². The molecule has 7 nitrogen and oxygen atoms in total. The third-order valence-electron chi connectivity index (χ3n) is 6.85. The zero-order valence-corrected chi connectivity index (χ0v) is 20.2. The van der Waals surface area contributed by atoms with E-state index >= 15 is 0 Å². The van der Waals surface area contributed by atoms with Gasteiger partial charge in [-0.2, -0.15) is 0 Å². The number of fused-ring (bicyclic) bond motifs is 1. The Labute approximate surface area is 208 Å². The fourth-order valence-corrected chi connectivity index (χ4v) is 5.51. The minimum atomic E-state index is -0.587. The number of carbonyl (C=O) groups is 3. The molecule has 34 heavy (non-hydrogen) atoms. The molecule has 0 aliphatic carbocycles. The van der Waals surface area contributed by atoms with Crippen molar-refractivity contribution in [3.05, 3.63) is 63.1 Å². The predicted octanol–water partition coefficient (Wildman–Crippen LogP) is 3.47. The van der Waals surface area contributed by atoms with Crippen LogP contribution in [0.3, 0.4) is 0 Å². The van der Waals surface area contributed by atoms with Gasteiger partial charge in [-0.1, -0.05) is 41.4 Å². The van der Waals surface area contributed by atoms with E-state index in [1.54, 1.807) is 11.0 Å². The largest absolute Gasteiger partial charge is 0.369 e. The van der Waals surface area contributed by atoms with Gasteiger partial charge in [-0.15, -0.1) is 0 Å². The van der Waals surface area contributed by atoms with Gasteiger partial charge in [0.2, 0.25) is 11.8 Å². The first-order chi connectivity index (χ1) is 16.4. The van der Waals surface area contributed by atoms with Crippen molar-refractivity contribution in [1.82, 2.24) is 15.1 Å². The number of rotatable bonds is 4. The first-order valence-electron chi connectivity index (χ1n) is 11.6. The maximum atomic E-state index is 12.9. The van der Waals surface area contributed by atoms with Gasteiger partial charge in [0.15, 0.2) is 0 Å². The Morgan fingerprint density at radius 3 is 2.68 bits per heavy atom. The van der Waals surface area contributed by atoms with Gasteiger partial charge in [-0.25, -0.2) is 0 Å². The van der Waals surface area contributed by atoms with Crippen LogP contribution in [0, 0.1) is 0 Å². The van der Waals surface area contributed by atoms with Gasteiger partial charge in [0, 0.05) is 51.3 Å². The van der Waals surface area contributed by atoms with Crippen molar-refractivity contribution < 1.29 is 14.4 Å². The monoisotopic (exact) mass is 500 g/mol. The molecular formula is C25H26Cl2N4O3. The molecule has 2 aromatic carbocycles. The van der Waals surface area contributed by atoms with E-state index in [-0.39, 0.29) is 24.1 Å². The molecular weight excluding hydrogens is 475 g/mol. The minimum Gasteiger partial charge on any atom is -0.369 e. The molecule has 0 aromatic heterocycles. The summed E-state index contributed by atoms with van der Waals surface area (Å²) in [5.74, 6) is -0.798. The summed E-state index contributed by atoms with van der Waals surface area (Å²) in [4.78, 5) is 42.9. The lowest BCUT2D eigenvalue weighted by atomic mass is 10.0. The maximum Gasteiger partial charge on any atom is 0.255 e. The quantitative estimate of drug-likeness (QED) is 0.650. The Balaban J connectivity index is 1.24. The van der Waals surface area contributed by atoms with Crippen LogP contribution < -0.4 is 10.2 Å². The third-order valence-corrected chi connectivity index (χ3v) is 7.66. The summed E-state index contributed by atoms with van der Waals surface area (Å²) < 4.78 is 0. The van der Waals surface area contributed by atoms with E-state index in [1.807, 2.05) is 24.3 Å². The number of hydrogen-bond acceptors (Lipinski definition) is 5. The third kappa shape index (κ3) is 4.52.